The number of nitrogens with zero attached hydrogens (tertiary/aromatic N) is 6. The molecule has 2 aromatic rings. The number of hydrogen-bond acceptors (Lipinski definition) is 8. The average molecular weight is 577 g/mol. The maximum absolute atomic E-state index is 14.7. The van der Waals surface area contributed by atoms with Gasteiger partial charge in [0, 0.05) is 50.9 Å². The molecule has 2 fully saturated rings. The second-order valence-electron chi connectivity index (χ2n) is 12.1. The van der Waals surface area contributed by atoms with Gasteiger partial charge >= 0.3 is 18.3 Å². The SMILES string of the molecule is CN1CCC[C@H]1COc1nc2c(c(N3CCN(C(=O)OC(C)(C)C)CC3)n1)C(C(F)(F)F)N(Cc1ccccc1)C2. The standard InChI is InChI=1S/C29H39F3N6O3/c1-28(2,3)41-27(39)37-15-13-36(14-16-37)25-23-22(33-26(34-25)40-19-21-11-8-12-35(21)4)18-38(24(23)29(30,31)32)17-20-9-6-5-7-10-20/h5-7,9-10,21,24H,8,11-19H2,1-4H3/t21-,24?/m0/s1. The van der Waals surface area contributed by atoms with Crippen LogP contribution in [0.15, 0.2) is 30.3 Å². The highest BCUT2D eigenvalue weighted by Crippen LogP contribution is 2.48. The van der Waals surface area contributed by atoms with Gasteiger partial charge in [-0.3, -0.25) is 4.90 Å². The molecule has 1 aromatic heterocycles. The minimum atomic E-state index is -4.54. The van der Waals surface area contributed by atoms with Crippen molar-refractivity contribution < 1.29 is 27.4 Å². The predicted molar refractivity (Wildman–Crippen MR) is 148 cm³/mol. The van der Waals surface area contributed by atoms with Crippen molar-refractivity contribution in [3.05, 3.63) is 47.2 Å². The quantitative estimate of drug-likeness (QED) is 0.493. The molecule has 0 saturated carbocycles. The van der Waals surface area contributed by atoms with Crippen LogP contribution in [-0.4, -0.2) is 95.0 Å². The second kappa shape index (κ2) is 11.6. The number of aromatic nitrogens is 2. The number of fused-ring (bicyclic) bond motifs is 1. The molecule has 0 spiro atoms. The number of amides is 1. The Balaban J connectivity index is 1.44. The highest BCUT2D eigenvalue weighted by molar-refractivity contribution is 5.68. The first-order valence-electron chi connectivity index (χ1n) is 14.2. The number of likely N-dealkylation sites (N-methyl/N-ethyl adjacent to an activating group) is 1. The lowest BCUT2D eigenvalue weighted by atomic mass is 10.1. The van der Waals surface area contributed by atoms with Crippen LogP contribution in [0.3, 0.4) is 0 Å². The minimum absolute atomic E-state index is 0.0293. The first-order chi connectivity index (χ1) is 19.4. The van der Waals surface area contributed by atoms with Crippen molar-refractivity contribution in [2.75, 3.05) is 51.3 Å². The molecule has 3 aliphatic rings. The summed E-state index contributed by atoms with van der Waals surface area (Å²) in [6.07, 6.45) is -2.91. The van der Waals surface area contributed by atoms with Crippen molar-refractivity contribution in [2.45, 2.75) is 70.6 Å². The van der Waals surface area contributed by atoms with Crippen molar-refractivity contribution in [1.29, 1.82) is 0 Å². The molecule has 12 heteroatoms. The summed E-state index contributed by atoms with van der Waals surface area (Å²) in [5.74, 6) is 0.228. The van der Waals surface area contributed by atoms with E-state index in [1.54, 1.807) is 25.7 Å². The van der Waals surface area contributed by atoms with E-state index in [9.17, 15) is 18.0 Å². The summed E-state index contributed by atoms with van der Waals surface area (Å²) in [5.41, 5.74) is 0.557. The van der Waals surface area contributed by atoms with Crippen LogP contribution in [0, 0.1) is 0 Å². The van der Waals surface area contributed by atoms with E-state index >= 15 is 0 Å². The molecule has 2 saturated heterocycles. The van der Waals surface area contributed by atoms with Gasteiger partial charge in [0.15, 0.2) is 0 Å². The van der Waals surface area contributed by atoms with Crippen molar-refractivity contribution in [3.63, 3.8) is 0 Å². The van der Waals surface area contributed by atoms with E-state index in [1.807, 2.05) is 42.3 Å². The third-order valence-corrected chi connectivity index (χ3v) is 7.82. The Kier molecular flexibility index (Phi) is 8.34. The number of piperazine rings is 1. The Morgan fingerprint density at radius 1 is 1.02 bits per heavy atom. The summed E-state index contributed by atoms with van der Waals surface area (Å²) in [5, 5.41) is 0. The molecular formula is C29H39F3N6O3. The third kappa shape index (κ3) is 6.86. The zero-order valence-corrected chi connectivity index (χ0v) is 24.2. The van der Waals surface area contributed by atoms with Crippen molar-refractivity contribution in [2.24, 2.45) is 0 Å². The van der Waals surface area contributed by atoms with Gasteiger partial charge in [-0.05, 0) is 52.8 Å². The van der Waals surface area contributed by atoms with E-state index in [0.29, 0.717) is 38.5 Å². The van der Waals surface area contributed by atoms with E-state index < -0.39 is 23.9 Å². The summed E-state index contributed by atoms with van der Waals surface area (Å²) < 4.78 is 55.7. The van der Waals surface area contributed by atoms with Gasteiger partial charge in [-0.2, -0.15) is 23.1 Å². The smallest absolute Gasteiger partial charge is 0.410 e. The van der Waals surface area contributed by atoms with Crippen LogP contribution < -0.4 is 9.64 Å². The van der Waals surface area contributed by atoms with E-state index in [4.69, 9.17) is 9.47 Å². The van der Waals surface area contributed by atoms with Crippen LogP contribution in [-0.2, 0) is 17.8 Å². The van der Waals surface area contributed by atoms with Gasteiger partial charge in [-0.25, -0.2) is 4.79 Å². The average Bonchev–Trinajstić information content (AvgIpc) is 3.49. The van der Waals surface area contributed by atoms with Gasteiger partial charge in [0.1, 0.15) is 24.1 Å². The van der Waals surface area contributed by atoms with Gasteiger partial charge in [-0.15, -0.1) is 0 Å². The molecular weight excluding hydrogens is 537 g/mol. The lowest BCUT2D eigenvalue weighted by Gasteiger charge is -2.37. The highest BCUT2D eigenvalue weighted by Gasteiger charge is 2.52. The summed E-state index contributed by atoms with van der Waals surface area (Å²) in [7, 11) is 2.04. The molecule has 224 valence electrons. The summed E-state index contributed by atoms with van der Waals surface area (Å²) in [6, 6.07) is 7.59. The van der Waals surface area contributed by atoms with E-state index in [2.05, 4.69) is 14.9 Å². The first-order valence-corrected chi connectivity index (χ1v) is 14.2. The maximum atomic E-state index is 14.7. The fourth-order valence-electron chi connectivity index (χ4n) is 5.78. The number of anilines is 1. The minimum Gasteiger partial charge on any atom is -0.462 e. The molecule has 1 amide bonds. The monoisotopic (exact) mass is 576 g/mol. The van der Waals surface area contributed by atoms with E-state index in [1.165, 1.54) is 4.90 Å². The Morgan fingerprint density at radius 2 is 1.73 bits per heavy atom. The number of ether oxygens (including phenoxy) is 2. The first kappa shape index (κ1) is 29.4. The lowest BCUT2D eigenvalue weighted by Crippen LogP contribution is -2.50. The predicted octanol–water partition coefficient (Wildman–Crippen LogP) is 4.63. The largest absolute Gasteiger partial charge is 0.462 e. The van der Waals surface area contributed by atoms with Crippen molar-refractivity contribution in [3.8, 4) is 6.01 Å². The molecule has 0 aliphatic carbocycles. The highest BCUT2D eigenvalue weighted by atomic mass is 19.4. The molecule has 1 unspecified atom stereocenters. The normalized spacial score (nSPS) is 22.2. The molecule has 3 aliphatic heterocycles. The van der Waals surface area contributed by atoms with Crippen molar-refractivity contribution >= 4 is 11.9 Å². The van der Waals surface area contributed by atoms with E-state index in [0.717, 1.165) is 24.9 Å². The van der Waals surface area contributed by atoms with Crippen LogP contribution in [0.2, 0.25) is 0 Å². The lowest BCUT2D eigenvalue weighted by molar-refractivity contribution is -0.185. The number of benzene rings is 1. The number of alkyl halides is 3. The molecule has 41 heavy (non-hydrogen) atoms. The van der Waals surface area contributed by atoms with Gasteiger partial charge in [0.05, 0.1) is 5.69 Å². The Bertz CT molecular complexity index is 1210. The fourth-order valence-corrected chi connectivity index (χ4v) is 5.78. The number of likely N-dealkylation sites (tertiary alicyclic amines) is 1. The Labute approximate surface area is 239 Å². The van der Waals surface area contributed by atoms with Gasteiger partial charge < -0.3 is 24.2 Å². The number of carbonyl (C=O) groups excluding carboxylic acids is 1. The van der Waals surface area contributed by atoms with Crippen LogP contribution >= 0.6 is 0 Å². The summed E-state index contributed by atoms with van der Waals surface area (Å²) in [6.45, 7) is 8.15. The molecule has 1 aromatic carbocycles. The topological polar surface area (TPSA) is 74.3 Å². The van der Waals surface area contributed by atoms with Crippen LogP contribution in [0.25, 0.3) is 0 Å². The summed E-state index contributed by atoms with van der Waals surface area (Å²) in [4.78, 5) is 28.8. The van der Waals surface area contributed by atoms with Crippen LogP contribution in [0.4, 0.5) is 23.8 Å². The van der Waals surface area contributed by atoms with E-state index in [-0.39, 0.29) is 36.5 Å². The molecule has 4 heterocycles. The number of carbonyl (C=O) groups is 1. The van der Waals surface area contributed by atoms with Crippen LogP contribution in [0.5, 0.6) is 6.01 Å². The Morgan fingerprint density at radius 3 is 2.34 bits per heavy atom. The zero-order chi connectivity index (χ0) is 29.4. The zero-order valence-electron chi connectivity index (χ0n) is 24.2. The van der Waals surface area contributed by atoms with Crippen LogP contribution in [0.1, 0.15) is 56.5 Å². The Hall–Kier alpha value is -3.12. The third-order valence-electron chi connectivity index (χ3n) is 7.82. The number of hydrogen-bond donors (Lipinski definition) is 0. The molecule has 2 atom stereocenters. The summed E-state index contributed by atoms with van der Waals surface area (Å²) >= 11 is 0. The number of rotatable bonds is 6. The molecule has 0 radical (unpaired) electrons. The molecule has 9 nitrogen and oxygen atoms in total. The maximum Gasteiger partial charge on any atom is 0.410 e. The second-order valence-corrected chi connectivity index (χ2v) is 12.1. The molecule has 5 rings (SSSR count). The number of halogens is 3. The van der Waals surface area contributed by atoms with Crippen molar-refractivity contribution in [1.82, 2.24) is 24.7 Å². The van der Waals surface area contributed by atoms with Gasteiger partial charge in [-0.1, -0.05) is 30.3 Å². The van der Waals surface area contributed by atoms with Gasteiger partial charge in [0.2, 0.25) is 0 Å². The van der Waals surface area contributed by atoms with Gasteiger partial charge in [0.25, 0.3) is 0 Å². The fraction of sp³-hybridized carbons (Fsp3) is 0.621. The molecule has 0 bridgehead atoms. The molecule has 0 N–H and O–H groups in total.